The maximum Gasteiger partial charge on any atom is 0.330 e. The SMILES string of the molecule is CCC(C)C(C)NC(=O)N[C@@H](C(=O)O)c1ccccc1. The molecule has 0 aromatic heterocycles. The molecule has 20 heavy (non-hydrogen) atoms. The van der Waals surface area contributed by atoms with Crippen LogP contribution in [0.3, 0.4) is 0 Å². The smallest absolute Gasteiger partial charge is 0.330 e. The highest BCUT2D eigenvalue weighted by molar-refractivity contribution is 5.83. The first-order valence-corrected chi connectivity index (χ1v) is 6.80. The fraction of sp³-hybridized carbons (Fsp3) is 0.467. The van der Waals surface area contributed by atoms with E-state index in [4.69, 9.17) is 0 Å². The minimum Gasteiger partial charge on any atom is -0.479 e. The molecular weight excluding hydrogens is 256 g/mol. The van der Waals surface area contributed by atoms with Crippen molar-refractivity contribution in [2.24, 2.45) is 5.92 Å². The Bertz CT molecular complexity index is 448. The number of hydrogen-bond acceptors (Lipinski definition) is 2. The highest BCUT2D eigenvalue weighted by Gasteiger charge is 2.23. The van der Waals surface area contributed by atoms with Crippen molar-refractivity contribution in [1.82, 2.24) is 10.6 Å². The van der Waals surface area contributed by atoms with Crippen LogP contribution in [0.2, 0.25) is 0 Å². The van der Waals surface area contributed by atoms with E-state index < -0.39 is 18.0 Å². The summed E-state index contributed by atoms with van der Waals surface area (Å²) in [5.41, 5.74) is 0.548. The molecule has 110 valence electrons. The van der Waals surface area contributed by atoms with Crippen LogP contribution in [0.4, 0.5) is 4.79 Å². The second-order valence-corrected chi connectivity index (χ2v) is 4.97. The summed E-state index contributed by atoms with van der Waals surface area (Å²) in [7, 11) is 0. The average Bonchev–Trinajstić information content (AvgIpc) is 2.44. The fourth-order valence-electron chi connectivity index (χ4n) is 1.81. The molecule has 2 unspecified atom stereocenters. The summed E-state index contributed by atoms with van der Waals surface area (Å²) in [6.07, 6.45) is 0.947. The number of carboxylic acids is 1. The minimum absolute atomic E-state index is 0.00906. The molecule has 3 atom stereocenters. The molecular formula is C15H22N2O3. The summed E-state index contributed by atoms with van der Waals surface area (Å²) < 4.78 is 0. The molecule has 0 fully saturated rings. The van der Waals surface area contributed by atoms with E-state index in [0.29, 0.717) is 11.5 Å². The molecule has 0 spiro atoms. The highest BCUT2D eigenvalue weighted by atomic mass is 16.4. The Kier molecular flexibility index (Phi) is 6.03. The molecule has 0 aliphatic rings. The molecule has 0 saturated carbocycles. The van der Waals surface area contributed by atoms with Crippen LogP contribution in [-0.2, 0) is 4.79 Å². The van der Waals surface area contributed by atoms with E-state index in [0.717, 1.165) is 6.42 Å². The summed E-state index contributed by atoms with van der Waals surface area (Å²) in [4.78, 5) is 23.1. The third-order valence-electron chi connectivity index (χ3n) is 3.51. The van der Waals surface area contributed by atoms with Gasteiger partial charge >= 0.3 is 12.0 Å². The molecule has 1 aromatic carbocycles. The standard InChI is InChI=1S/C15H22N2O3/c1-4-10(2)11(3)16-15(20)17-13(14(18)19)12-8-6-5-7-9-12/h5-11,13H,4H2,1-3H3,(H,18,19)(H2,16,17,20)/t10?,11?,13-/m1/s1. The van der Waals surface area contributed by atoms with Crippen LogP contribution in [0.1, 0.15) is 38.8 Å². The first-order valence-electron chi connectivity index (χ1n) is 6.80. The Morgan fingerprint density at radius 1 is 1.15 bits per heavy atom. The lowest BCUT2D eigenvalue weighted by atomic mass is 10.0. The lowest BCUT2D eigenvalue weighted by molar-refractivity contribution is -0.139. The van der Waals surface area contributed by atoms with Crippen LogP contribution >= 0.6 is 0 Å². The molecule has 0 saturated heterocycles. The van der Waals surface area contributed by atoms with Crippen molar-refractivity contribution in [3.05, 3.63) is 35.9 Å². The number of carbonyl (C=O) groups excluding carboxylic acids is 1. The van der Waals surface area contributed by atoms with E-state index in [-0.39, 0.29) is 6.04 Å². The van der Waals surface area contributed by atoms with Gasteiger partial charge in [0.25, 0.3) is 0 Å². The van der Waals surface area contributed by atoms with Gasteiger partial charge < -0.3 is 15.7 Å². The van der Waals surface area contributed by atoms with E-state index in [1.54, 1.807) is 30.3 Å². The molecule has 1 aromatic rings. The molecule has 5 nitrogen and oxygen atoms in total. The van der Waals surface area contributed by atoms with Crippen LogP contribution in [0.15, 0.2) is 30.3 Å². The number of carbonyl (C=O) groups is 2. The molecule has 5 heteroatoms. The number of carboxylic acid groups (broad SMARTS) is 1. The van der Waals surface area contributed by atoms with Gasteiger partial charge in [0.2, 0.25) is 0 Å². The number of amides is 2. The van der Waals surface area contributed by atoms with E-state index in [1.165, 1.54) is 0 Å². The van der Waals surface area contributed by atoms with Gasteiger partial charge in [-0.3, -0.25) is 0 Å². The van der Waals surface area contributed by atoms with E-state index >= 15 is 0 Å². The number of hydrogen-bond donors (Lipinski definition) is 3. The largest absolute Gasteiger partial charge is 0.479 e. The molecule has 3 N–H and O–H groups in total. The molecule has 1 rings (SSSR count). The number of urea groups is 1. The molecule has 0 aliphatic carbocycles. The van der Waals surface area contributed by atoms with Crippen molar-refractivity contribution in [1.29, 1.82) is 0 Å². The number of benzene rings is 1. The van der Waals surface area contributed by atoms with Crippen LogP contribution in [0, 0.1) is 5.92 Å². The van der Waals surface area contributed by atoms with Crippen molar-refractivity contribution in [3.63, 3.8) is 0 Å². The van der Waals surface area contributed by atoms with Gasteiger partial charge in [-0.2, -0.15) is 0 Å². The van der Waals surface area contributed by atoms with Crippen molar-refractivity contribution in [2.45, 2.75) is 39.3 Å². The normalized spacial score (nSPS) is 14.9. The van der Waals surface area contributed by atoms with Gasteiger partial charge in [-0.15, -0.1) is 0 Å². The van der Waals surface area contributed by atoms with Crippen LogP contribution < -0.4 is 10.6 Å². The number of aliphatic carboxylic acids is 1. The Labute approximate surface area is 119 Å². The van der Waals surface area contributed by atoms with Crippen molar-refractivity contribution in [3.8, 4) is 0 Å². The fourth-order valence-corrected chi connectivity index (χ4v) is 1.81. The van der Waals surface area contributed by atoms with Crippen LogP contribution in [-0.4, -0.2) is 23.1 Å². The summed E-state index contributed by atoms with van der Waals surface area (Å²) in [6, 6.07) is 7.13. The zero-order chi connectivity index (χ0) is 15.1. The van der Waals surface area contributed by atoms with Crippen molar-refractivity contribution in [2.75, 3.05) is 0 Å². The number of nitrogens with one attached hydrogen (secondary N) is 2. The zero-order valence-corrected chi connectivity index (χ0v) is 12.1. The zero-order valence-electron chi connectivity index (χ0n) is 12.1. The van der Waals surface area contributed by atoms with Gasteiger partial charge in [0.05, 0.1) is 0 Å². The quantitative estimate of drug-likeness (QED) is 0.748. The van der Waals surface area contributed by atoms with Crippen LogP contribution in [0.5, 0.6) is 0 Å². The van der Waals surface area contributed by atoms with Gasteiger partial charge in [-0.1, -0.05) is 50.6 Å². The lowest BCUT2D eigenvalue weighted by Crippen LogP contribution is -2.46. The third kappa shape index (κ3) is 4.57. The Morgan fingerprint density at radius 3 is 2.25 bits per heavy atom. The van der Waals surface area contributed by atoms with Gasteiger partial charge in [-0.25, -0.2) is 9.59 Å². The predicted molar refractivity (Wildman–Crippen MR) is 77.4 cm³/mol. The van der Waals surface area contributed by atoms with E-state index in [2.05, 4.69) is 10.6 Å². The molecule has 0 aliphatic heterocycles. The summed E-state index contributed by atoms with van der Waals surface area (Å²) in [6.45, 7) is 5.99. The lowest BCUT2D eigenvalue weighted by Gasteiger charge is -2.22. The second-order valence-electron chi connectivity index (χ2n) is 4.97. The van der Waals surface area contributed by atoms with Gasteiger partial charge in [0, 0.05) is 6.04 Å². The first-order chi connectivity index (χ1) is 9.45. The Hall–Kier alpha value is -2.04. The van der Waals surface area contributed by atoms with Gasteiger partial charge in [-0.05, 0) is 18.4 Å². The van der Waals surface area contributed by atoms with Crippen molar-refractivity contribution >= 4 is 12.0 Å². The third-order valence-corrected chi connectivity index (χ3v) is 3.51. The van der Waals surface area contributed by atoms with Crippen LogP contribution in [0.25, 0.3) is 0 Å². The Morgan fingerprint density at radius 2 is 1.75 bits per heavy atom. The van der Waals surface area contributed by atoms with E-state index in [9.17, 15) is 14.7 Å². The van der Waals surface area contributed by atoms with E-state index in [1.807, 2.05) is 20.8 Å². The maximum absolute atomic E-state index is 11.9. The molecule has 2 amide bonds. The topological polar surface area (TPSA) is 78.4 Å². The minimum atomic E-state index is -1.08. The summed E-state index contributed by atoms with van der Waals surface area (Å²) in [5, 5.41) is 14.5. The van der Waals surface area contributed by atoms with Gasteiger partial charge in [0.1, 0.15) is 0 Å². The predicted octanol–water partition coefficient (Wildman–Crippen LogP) is 2.55. The van der Waals surface area contributed by atoms with Gasteiger partial charge in [0.15, 0.2) is 6.04 Å². The Balaban J connectivity index is 2.68. The summed E-state index contributed by atoms with van der Waals surface area (Å²) >= 11 is 0. The molecule has 0 radical (unpaired) electrons. The van der Waals surface area contributed by atoms with Crippen molar-refractivity contribution < 1.29 is 14.7 Å². The molecule has 0 bridgehead atoms. The highest BCUT2D eigenvalue weighted by Crippen LogP contribution is 2.13. The summed E-state index contributed by atoms with van der Waals surface area (Å²) in [5.74, 6) is -0.747. The average molecular weight is 278 g/mol. The second kappa shape index (κ2) is 7.53. The maximum atomic E-state index is 11.9. The monoisotopic (exact) mass is 278 g/mol. The molecule has 0 heterocycles. The first kappa shape index (κ1) is 16.0. The number of rotatable bonds is 6.